The van der Waals surface area contributed by atoms with Crippen molar-refractivity contribution < 1.29 is 14.1 Å². The van der Waals surface area contributed by atoms with Crippen molar-refractivity contribution >= 4 is 35.6 Å². The van der Waals surface area contributed by atoms with Crippen molar-refractivity contribution in [1.29, 1.82) is 0 Å². The quantitative estimate of drug-likeness (QED) is 0.664. The number of amides is 2. The van der Waals surface area contributed by atoms with Gasteiger partial charge in [-0.15, -0.1) is 23.7 Å². The average molecular weight is 428 g/mol. The highest BCUT2D eigenvalue weighted by Crippen LogP contribution is 2.22. The summed E-state index contributed by atoms with van der Waals surface area (Å²) in [7, 11) is 0. The highest BCUT2D eigenvalue weighted by atomic mass is 35.5. The van der Waals surface area contributed by atoms with Crippen molar-refractivity contribution in [2.75, 3.05) is 26.2 Å². The molecule has 0 saturated carbocycles. The Balaban J connectivity index is 0.00000280. The number of likely N-dealkylation sites (tertiary alicyclic amines) is 1. The van der Waals surface area contributed by atoms with E-state index in [2.05, 4.69) is 15.5 Å². The number of nitrogens with one attached hydrogen (secondary N) is 1. The topological polar surface area (TPSA) is 114 Å². The van der Waals surface area contributed by atoms with Crippen molar-refractivity contribution in [3.8, 4) is 10.7 Å². The highest BCUT2D eigenvalue weighted by Gasteiger charge is 2.27. The fourth-order valence-corrected chi connectivity index (χ4v) is 3.82. The van der Waals surface area contributed by atoms with Gasteiger partial charge in [0.15, 0.2) is 0 Å². The molecule has 28 heavy (non-hydrogen) atoms. The Labute approximate surface area is 174 Å². The number of carbonyl (C=O) groups is 2. The third kappa shape index (κ3) is 6.02. The van der Waals surface area contributed by atoms with Crippen LogP contribution >= 0.6 is 23.7 Å². The molecule has 8 nitrogen and oxygen atoms in total. The van der Waals surface area contributed by atoms with Gasteiger partial charge in [0.25, 0.3) is 0 Å². The SMILES string of the molecule is Cl.NCCNC(=O)C1CCCN(C(=O)CCCc2nc(-c3cccs3)no2)C1. The molecule has 1 fully saturated rings. The number of hydrogen-bond acceptors (Lipinski definition) is 7. The zero-order chi connectivity index (χ0) is 19.1. The molecule has 0 radical (unpaired) electrons. The number of hydrogen-bond donors (Lipinski definition) is 2. The Morgan fingerprint density at radius 1 is 1.43 bits per heavy atom. The zero-order valence-electron chi connectivity index (χ0n) is 15.6. The van der Waals surface area contributed by atoms with Crippen molar-refractivity contribution in [3.05, 3.63) is 23.4 Å². The molecule has 1 saturated heterocycles. The number of nitrogens with zero attached hydrogens (tertiary/aromatic N) is 3. The number of rotatable bonds is 8. The third-order valence-electron chi connectivity index (χ3n) is 4.58. The Hall–Kier alpha value is -1.97. The third-order valence-corrected chi connectivity index (χ3v) is 5.45. The van der Waals surface area contributed by atoms with E-state index in [1.54, 1.807) is 16.2 Å². The van der Waals surface area contributed by atoms with Crippen LogP contribution in [0.5, 0.6) is 0 Å². The first kappa shape index (κ1) is 22.3. The molecule has 0 bridgehead atoms. The molecule has 3 N–H and O–H groups in total. The number of thiophene rings is 1. The Bertz CT molecular complexity index is 752. The first-order chi connectivity index (χ1) is 13.2. The highest BCUT2D eigenvalue weighted by molar-refractivity contribution is 7.13. The zero-order valence-corrected chi connectivity index (χ0v) is 17.3. The fraction of sp³-hybridized carbons (Fsp3) is 0.556. The minimum atomic E-state index is -0.140. The summed E-state index contributed by atoms with van der Waals surface area (Å²) < 4.78 is 5.26. The van der Waals surface area contributed by atoms with Crippen molar-refractivity contribution in [3.63, 3.8) is 0 Å². The first-order valence-electron chi connectivity index (χ1n) is 9.29. The summed E-state index contributed by atoms with van der Waals surface area (Å²) >= 11 is 1.56. The van der Waals surface area contributed by atoms with Crippen LogP contribution in [0.15, 0.2) is 22.0 Å². The van der Waals surface area contributed by atoms with Gasteiger partial charge in [-0.05, 0) is 30.7 Å². The predicted molar refractivity (Wildman–Crippen MR) is 109 cm³/mol. The molecule has 2 amide bonds. The molecule has 154 valence electrons. The van der Waals surface area contributed by atoms with Crippen LogP contribution in [-0.2, 0) is 16.0 Å². The van der Waals surface area contributed by atoms with Crippen LogP contribution in [0.25, 0.3) is 10.7 Å². The number of carbonyl (C=O) groups excluding carboxylic acids is 2. The number of halogens is 1. The first-order valence-corrected chi connectivity index (χ1v) is 10.2. The Kier molecular flexibility index (Phi) is 8.88. The molecule has 1 aliphatic heterocycles. The number of aryl methyl sites for hydroxylation is 1. The van der Waals surface area contributed by atoms with E-state index >= 15 is 0 Å². The van der Waals surface area contributed by atoms with Gasteiger partial charge in [0, 0.05) is 39.0 Å². The predicted octanol–water partition coefficient (Wildman–Crippen LogP) is 1.86. The van der Waals surface area contributed by atoms with Gasteiger partial charge in [0.2, 0.25) is 23.5 Å². The Morgan fingerprint density at radius 2 is 2.29 bits per heavy atom. The normalized spacial score (nSPS) is 16.5. The van der Waals surface area contributed by atoms with Crippen molar-refractivity contribution in [2.24, 2.45) is 11.7 Å². The van der Waals surface area contributed by atoms with Crippen LogP contribution in [0, 0.1) is 5.92 Å². The number of nitrogens with two attached hydrogens (primary N) is 1. The number of piperidine rings is 1. The molecule has 0 aliphatic carbocycles. The van der Waals surface area contributed by atoms with E-state index in [4.69, 9.17) is 10.3 Å². The molecule has 1 unspecified atom stereocenters. The maximum absolute atomic E-state index is 12.5. The van der Waals surface area contributed by atoms with Crippen molar-refractivity contribution in [1.82, 2.24) is 20.4 Å². The van der Waals surface area contributed by atoms with Crippen LogP contribution < -0.4 is 11.1 Å². The second kappa shape index (κ2) is 11.1. The summed E-state index contributed by atoms with van der Waals surface area (Å²) in [6.45, 7) is 2.09. The van der Waals surface area contributed by atoms with Gasteiger partial charge in [-0.25, -0.2) is 0 Å². The van der Waals surface area contributed by atoms with Crippen LogP contribution in [0.4, 0.5) is 0 Å². The summed E-state index contributed by atoms with van der Waals surface area (Å²) in [5.41, 5.74) is 5.42. The van der Waals surface area contributed by atoms with E-state index in [9.17, 15) is 9.59 Å². The summed E-state index contributed by atoms with van der Waals surface area (Å²) in [5, 5.41) is 8.75. The van der Waals surface area contributed by atoms with Gasteiger partial charge in [0.1, 0.15) is 0 Å². The summed E-state index contributed by atoms with van der Waals surface area (Å²) in [4.78, 5) is 31.7. The van der Waals surface area contributed by atoms with Crippen molar-refractivity contribution in [2.45, 2.75) is 32.1 Å². The average Bonchev–Trinajstić information content (AvgIpc) is 3.37. The van der Waals surface area contributed by atoms with Gasteiger partial charge in [-0.2, -0.15) is 4.98 Å². The molecule has 0 aromatic carbocycles. The lowest BCUT2D eigenvalue weighted by atomic mass is 9.96. The lowest BCUT2D eigenvalue weighted by Crippen LogP contribution is -2.46. The second-order valence-electron chi connectivity index (χ2n) is 6.60. The molecule has 3 rings (SSSR count). The van der Waals surface area contributed by atoms with E-state index in [0.29, 0.717) is 57.2 Å². The monoisotopic (exact) mass is 427 g/mol. The van der Waals surface area contributed by atoms with Crippen LogP contribution in [0.3, 0.4) is 0 Å². The molecular weight excluding hydrogens is 402 g/mol. The largest absolute Gasteiger partial charge is 0.355 e. The lowest BCUT2D eigenvalue weighted by molar-refractivity contribution is -0.135. The fourth-order valence-electron chi connectivity index (χ4n) is 3.17. The van der Waals surface area contributed by atoms with Gasteiger partial charge in [-0.3, -0.25) is 9.59 Å². The molecule has 2 aromatic heterocycles. The minimum Gasteiger partial charge on any atom is -0.355 e. The standard InChI is InChI=1S/C18H25N5O3S.ClH/c19-8-9-20-18(25)13-4-2-10-23(12-13)16(24)7-1-6-15-21-17(22-26-15)14-5-3-11-27-14;/h3,5,11,13H,1-2,4,6-10,12,19H2,(H,20,25);1H. The minimum absolute atomic E-state index is 0. The molecule has 1 aliphatic rings. The summed E-state index contributed by atoms with van der Waals surface area (Å²) in [6.07, 6.45) is 3.28. The lowest BCUT2D eigenvalue weighted by Gasteiger charge is -2.32. The van der Waals surface area contributed by atoms with E-state index in [-0.39, 0.29) is 30.1 Å². The van der Waals surface area contributed by atoms with Crippen LogP contribution in [0.1, 0.15) is 31.6 Å². The molecular formula is C18H26ClN5O3S. The van der Waals surface area contributed by atoms with E-state index < -0.39 is 0 Å². The van der Waals surface area contributed by atoms with Gasteiger partial charge in [-0.1, -0.05) is 11.2 Å². The molecule has 0 spiro atoms. The molecule has 10 heteroatoms. The van der Waals surface area contributed by atoms with Gasteiger partial charge >= 0.3 is 0 Å². The second-order valence-corrected chi connectivity index (χ2v) is 7.55. The van der Waals surface area contributed by atoms with E-state index in [1.165, 1.54) is 0 Å². The van der Waals surface area contributed by atoms with Crippen LogP contribution in [-0.4, -0.2) is 53.0 Å². The molecule has 2 aromatic rings. The Morgan fingerprint density at radius 3 is 3.04 bits per heavy atom. The van der Waals surface area contributed by atoms with Gasteiger partial charge < -0.3 is 20.5 Å². The maximum Gasteiger partial charge on any atom is 0.226 e. The summed E-state index contributed by atoms with van der Waals surface area (Å²) in [5.74, 6) is 1.06. The number of aromatic nitrogens is 2. The molecule has 1 atom stereocenters. The van der Waals surface area contributed by atoms with E-state index in [0.717, 1.165) is 17.7 Å². The van der Waals surface area contributed by atoms with E-state index in [1.807, 2.05) is 17.5 Å². The summed E-state index contributed by atoms with van der Waals surface area (Å²) in [6, 6.07) is 3.89. The maximum atomic E-state index is 12.5. The molecule has 3 heterocycles. The van der Waals surface area contributed by atoms with Gasteiger partial charge in [0.05, 0.1) is 10.8 Å². The van der Waals surface area contributed by atoms with Crippen LogP contribution in [0.2, 0.25) is 0 Å². The smallest absolute Gasteiger partial charge is 0.226 e.